The Hall–Kier alpha value is -4.47. The van der Waals surface area contributed by atoms with Crippen LogP contribution in [0.1, 0.15) is 78.6 Å². The van der Waals surface area contributed by atoms with Crippen LogP contribution in [0.15, 0.2) is 85.1 Å². The number of ether oxygens (including phenoxy) is 3. The molecular formula is C34H50N2O8. The van der Waals surface area contributed by atoms with Crippen LogP contribution in [0, 0.1) is 0 Å². The molecule has 0 bridgehead atoms. The Bertz CT molecular complexity index is 1070. The standard InChI is InChI=1S/C22H33NO.C12H17NO7/c1-2-3-4-5-6-7-8-9-10-11-12-13-14-15-16-17-18-19-20-21-22(23)24;1-5-12(11(17)19-4,20-8(2)14)13-9(15)6-7-10(16)18-3/h3-4,6-7,9-10,12-13,15-16,18-19H,2,5,8,11,14,17,20-21H2,1H3,(H2,23,24);6-7H,5H2,1-4H3,(H,13,15). The zero-order chi connectivity index (χ0) is 33.5. The fourth-order valence-corrected chi connectivity index (χ4v) is 3.15. The second-order valence-electron chi connectivity index (χ2n) is 9.03. The molecule has 0 aromatic heterocycles. The Kier molecular flexibility index (Phi) is 27.1. The maximum atomic E-state index is 11.7. The van der Waals surface area contributed by atoms with Gasteiger partial charge < -0.3 is 25.3 Å². The average Bonchev–Trinajstić information content (AvgIpc) is 3.00. The molecule has 244 valence electrons. The van der Waals surface area contributed by atoms with Gasteiger partial charge in [-0.15, -0.1) is 0 Å². The summed E-state index contributed by atoms with van der Waals surface area (Å²) in [5.74, 6) is -3.50. The molecule has 0 aromatic rings. The van der Waals surface area contributed by atoms with Gasteiger partial charge in [0.1, 0.15) is 0 Å². The van der Waals surface area contributed by atoms with E-state index >= 15 is 0 Å². The van der Waals surface area contributed by atoms with Crippen molar-refractivity contribution in [1.29, 1.82) is 0 Å². The normalized spacial score (nSPS) is 13.1. The summed E-state index contributed by atoms with van der Waals surface area (Å²) in [4.78, 5) is 55.8. The molecule has 44 heavy (non-hydrogen) atoms. The maximum absolute atomic E-state index is 11.7. The van der Waals surface area contributed by atoms with Gasteiger partial charge in [0.05, 0.1) is 14.2 Å². The molecule has 0 heterocycles. The van der Waals surface area contributed by atoms with E-state index in [1.165, 1.54) is 6.92 Å². The molecular weight excluding hydrogens is 564 g/mol. The summed E-state index contributed by atoms with van der Waals surface area (Å²) >= 11 is 0. The molecule has 0 fully saturated rings. The van der Waals surface area contributed by atoms with Gasteiger partial charge in [0.2, 0.25) is 11.8 Å². The number of allylic oxidation sites excluding steroid dienone is 12. The average molecular weight is 615 g/mol. The predicted molar refractivity (Wildman–Crippen MR) is 173 cm³/mol. The highest BCUT2D eigenvalue weighted by molar-refractivity contribution is 5.97. The first kappa shape index (κ1) is 41.7. The lowest BCUT2D eigenvalue weighted by atomic mass is 10.1. The van der Waals surface area contributed by atoms with Gasteiger partial charge in [-0.2, -0.15) is 0 Å². The topological polar surface area (TPSA) is 151 Å². The highest BCUT2D eigenvalue weighted by Crippen LogP contribution is 2.15. The Morgan fingerprint density at radius 2 is 1.14 bits per heavy atom. The van der Waals surface area contributed by atoms with Crippen LogP contribution >= 0.6 is 0 Å². The molecule has 10 nitrogen and oxygen atoms in total. The highest BCUT2D eigenvalue weighted by Gasteiger charge is 2.42. The van der Waals surface area contributed by atoms with Crippen LogP contribution in [0.5, 0.6) is 0 Å². The first-order valence-electron chi connectivity index (χ1n) is 14.6. The van der Waals surface area contributed by atoms with Crippen LogP contribution in [0.3, 0.4) is 0 Å². The monoisotopic (exact) mass is 614 g/mol. The molecule has 0 aliphatic heterocycles. The van der Waals surface area contributed by atoms with E-state index < -0.39 is 29.5 Å². The van der Waals surface area contributed by atoms with Gasteiger partial charge in [0.15, 0.2) is 0 Å². The van der Waals surface area contributed by atoms with Crippen molar-refractivity contribution in [2.75, 3.05) is 14.2 Å². The third-order valence-electron chi connectivity index (χ3n) is 5.38. The molecule has 0 aliphatic rings. The van der Waals surface area contributed by atoms with E-state index in [1.54, 1.807) is 0 Å². The number of hydrogen-bond acceptors (Lipinski definition) is 8. The summed E-state index contributed by atoms with van der Waals surface area (Å²) in [7, 11) is 2.24. The number of amides is 2. The van der Waals surface area contributed by atoms with Crippen LogP contribution in [-0.4, -0.2) is 49.7 Å². The molecule has 0 aliphatic carbocycles. The van der Waals surface area contributed by atoms with Gasteiger partial charge >= 0.3 is 17.9 Å². The molecule has 3 N–H and O–H groups in total. The third-order valence-corrected chi connectivity index (χ3v) is 5.38. The molecule has 1 atom stereocenters. The summed E-state index contributed by atoms with van der Waals surface area (Å²) in [6.45, 7) is 4.76. The second-order valence-corrected chi connectivity index (χ2v) is 9.03. The van der Waals surface area contributed by atoms with E-state index in [4.69, 9.17) is 10.5 Å². The molecule has 0 saturated carbocycles. The molecule has 1 unspecified atom stereocenters. The van der Waals surface area contributed by atoms with Gasteiger partial charge in [0, 0.05) is 31.9 Å². The first-order valence-corrected chi connectivity index (χ1v) is 14.6. The molecule has 10 heteroatoms. The van der Waals surface area contributed by atoms with Gasteiger partial charge in [-0.05, 0) is 44.9 Å². The first-order chi connectivity index (χ1) is 21.1. The Morgan fingerprint density at radius 1 is 0.682 bits per heavy atom. The predicted octanol–water partition coefficient (Wildman–Crippen LogP) is 5.62. The minimum absolute atomic E-state index is 0.0446. The summed E-state index contributed by atoms with van der Waals surface area (Å²) < 4.78 is 13.7. The van der Waals surface area contributed by atoms with E-state index in [1.807, 2.05) is 6.08 Å². The lowest BCUT2D eigenvalue weighted by Gasteiger charge is -2.29. The Morgan fingerprint density at radius 3 is 1.50 bits per heavy atom. The Balaban J connectivity index is 0. The Labute approximate surface area is 262 Å². The summed E-state index contributed by atoms with van der Waals surface area (Å²) in [5.41, 5.74) is 3.13. The van der Waals surface area contributed by atoms with E-state index in [-0.39, 0.29) is 12.3 Å². The molecule has 0 rings (SSSR count). The van der Waals surface area contributed by atoms with Crippen molar-refractivity contribution in [3.63, 3.8) is 0 Å². The smallest absolute Gasteiger partial charge is 0.372 e. The number of hydrogen-bond donors (Lipinski definition) is 2. The number of methoxy groups -OCH3 is 2. The lowest BCUT2D eigenvalue weighted by Crippen LogP contribution is -2.57. The van der Waals surface area contributed by atoms with E-state index in [0.29, 0.717) is 6.42 Å². The minimum Gasteiger partial charge on any atom is -0.466 e. The number of primary amides is 1. The van der Waals surface area contributed by atoms with Crippen molar-refractivity contribution in [1.82, 2.24) is 5.32 Å². The second kappa shape index (κ2) is 28.6. The van der Waals surface area contributed by atoms with E-state index in [2.05, 4.69) is 88.6 Å². The van der Waals surface area contributed by atoms with Crippen molar-refractivity contribution in [3.05, 3.63) is 85.1 Å². The van der Waals surface area contributed by atoms with Gasteiger partial charge in [-0.3, -0.25) is 14.4 Å². The van der Waals surface area contributed by atoms with Gasteiger partial charge in [-0.25, -0.2) is 9.59 Å². The van der Waals surface area contributed by atoms with E-state index in [0.717, 1.165) is 78.2 Å². The van der Waals surface area contributed by atoms with Crippen LogP contribution in [0.4, 0.5) is 0 Å². The van der Waals surface area contributed by atoms with Crippen molar-refractivity contribution in [2.24, 2.45) is 5.73 Å². The number of nitrogens with one attached hydrogen (secondary N) is 1. The zero-order valence-electron chi connectivity index (χ0n) is 26.8. The molecule has 0 spiro atoms. The minimum atomic E-state index is -1.93. The number of rotatable bonds is 20. The summed E-state index contributed by atoms with van der Waals surface area (Å²) in [6, 6.07) is 0. The summed E-state index contributed by atoms with van der Waals surface area (Å²) in [6.07, 6.45) is 34.8. The number of carbonyl (C=O) groups excluding carboxylic acids is 5. The third kappa shape index (κ3) is 25.3. The van der Waals surface area contributed by atoms with Gasteiger partial charge in [0.25, 0.3) is 5.72 Å². The molecule has 0 saturated heterocycles. The largest absolute Gasteiger partial charge is 0.466 e. The fourth-order valence-electron chi connectivity index (χ4n) is 3.15. The van der Waals surface area contributed by atoms with Crippen LogP contribution in [0.25, 0.3) is 0 Å². The van der Waals surface area contributed by atoms with Crippen molar-refractivity contribution in [2.45, 2.75) is 84.3 Å². The van der Waals surface area contributed by atoms with E-state index in [9.17, 15) is 24.0 Å². The maximum Gasteiger partial charge on any atom is 0.372 e. The summed E-state index contributed by atoms with van der Waals surface area (Å²) in [5, 5.41) is 2.19. The van der Waals surface area contributed by atoms with Crippen LogP contribution < -0.4 is 11.1 Å². The van der Waals surface area contributed by atoms with Crippen molar-refractivity contribution < 1.29 is 38.2 Å². The number of carbonyl (C=O) groups is 5. The molecule has 0 aromatic carbocycles. The fraction of sp³-hybridized carbons (Fsp3) is 0.441. The highest BCUT2D eigenvalue weighted by atomic mass is 16.6. The molecule has 2 amide bonds. The lowest BCUT2D eigenvalue weighted by molar-refractivity contribution is -0.185. The van der Waals surface area contributed by atoms with Crippen LogP contribution in [0.2, 0.25) is 0 Å². The SMILES string of the molecule is CCC(NC(=O)C=CC(=O)OC)(OC(C)=O)C(=O)OC.CCC=CCC=CCC=CCC=CCC=CCC=CCCC(N)=O. The molecule has 0 radical (unpaired) electrons. The van der Waals surface area contributed by atoms with Crippen molar-refractivity contribution in [3.8, 4) is 0 Å². The van der Waals surface area contributed by atoms with Crippen molar-refractivity contribution >= 4 is 29.7 Å². The van der Waals surface area contributed by atoms with Crippen LogP contribution in [-0.2, 0) is 38.2 Å². The number of nitrogens with two attached hydrogens (primary N) is 1. The zero-order valence-corrected chi connectivity index (χ0v) is 26.8. The number of esters is 3. The van der Waals surface area contributed by atoms with Gasteiger partial charge in [-0.1, -0.05) is 86.8 Å². The quantitative estimate of drug-likeness (QED) is 0.0589.